The molecule has 0 spiro atoms. The average molecular weight is 475 g/mol. The van der Waals surface area contributed by atoms with E-state index in [2.05, 4.69) is 38.1 Å². The van der Waals surface area contributed by atoms with Crippen molar-refractivity contribution in [1.82, 2.24) is 0 Å². The summed E-state index contributed by atoms with van der Waals surface area (Å²) in [4.78, 5) is 23.5. The van der Waals surface area contributed by atoms with Crippen LogP contribution < -0.4 is 0 Å². The molecule has 1 aromatic carbocycles. The van der Waals surface area contributed by atoms with Crippen LogP contribution in [0.2, 0.25) is 0 Å². The van der Waals surface area contributed by atoms with Gasteiger partial charge in [-0.15, -0.1) is 0 Å². The summed E-state index contributed by atoms with van der Waals surface area (Å²) >= 11 is 0. The van der Waals surface area contributed by atoms with Crippen LogP contribution in [0.3, 0.4) is 0 Å². The van der Waals surface area contributed by atoms with Gasteiger partial charge in [-0.3, -0.25) is 9.59 Å². The summed E-state index contributed by atoms with van der Waals surface area (Å²) in [5.74, 6) is 0.332. The van der Waals surface area contributed by atoms with Gasteiger partial charge in [-0.2, -0.15) is 0 Å². The molecule has 0 bridgehead atoms. The van der Waals surface area contributed by atoms with Gasteiger partial charge >= 0.3 is 5.97 Å². The maximum absolute atomic E-state index is 12.7. The molecule has 6 rings (SSSR count). The zero-order chi connectivity index (χ0) is 24.6. The first-order valence-electron chi connectivity index (χ1n) is 12.9. The first-order valence-corrected chi connectivity index (χ1v) is 12.9. The third-order valence-electron chi connectivity index (χ3n) is 9.94. The smallest absolute Gasteiger partial charge is 0.302 e. The van der Waals surface area contributed by atoms with Gasteiger partial charge in [0.05, 0.1) is 0 Å². The quantitative estimate of drug-likeness (QED) is 0.390. The van der Waals surface area contributed by atoms with Gasteiger partial charge in [-0.1, -0.05) is 60.6 Å². The molecule has 5 heteroatoms. The SMILES string of the molecule is CC(=O)OCC1OC1[C@@]1(O)[C@H](c2ccccc2)CC2C3CCC4=CC(=O)C=C[C@]4(C)C3=CC[C@@]21C. The van der Waals surface area contributed by atoms with E-state index in [9.17, 15) is 14.7 Å². The number of rotatable bonds is 4. The van der Waals surface area contributed by atoms with Gasteiger partial charge in [0.15, 0.2) is 5.78 Å². The van der Waals surface area contributed by atoms with Crippen LogP contribution in [0.15, 0.2) is 65.8 Å². The van der Waals surface area contributed by atoms with Crippen molar-refractivity contribution in [2.75, 3.05) is 6.61 Å². The normalized spacial score (nSPS) is 43.4. The van der Waals surface area contributed by atoms with E-state index in [1.165, 1.54) is 18.1 Å². The number of hydrogen-bond acceptors (Lipinski definition) is 5. The standard InChI is InChI=1S/C30H34O5/c1-18(31)34-17-26-27(35-26)30(33)24(19-7-5-4-6-8-19)16-25-22-10-9-20-15-21(32)11-13-28(20,2)23(22)12-14-29(25,30)3/h4-8,11-13,15,22,24-27,33H,9-10,14,16-17H2,1-3H3/t22?,24-,25?,26?,27?,28-,29-,30-/m0/s1. The van der Waals surface area contributed by atoms with Crippen molar-refractivity contribution < 1.29 is 24.2 Å². The second-order valence-electron chi connectivity index (χ2n) is 11.6. The molecule has 184 valence electrons. The van der Waals surface area contributed by atoms with Crippen LogP contribution in [0.4, 0.5) is 0 Å². The number of carbonyl (C=O) groups is 2. The highest BCUT2D eigenvalue weighted by molar-refractivity contribution is 6.01. The summed E-state index contributed by atoms with van der Waals surface area (Å²) in [5.41, 5.74) is 2.11. The van der Waals surface area contributed by atoms with Crippen molar-refractivity contribution >= 4 is 11.8 Å². The first-order chi connectivity index (χ1) is 16.7. The van der Waals surface area contributed by atoms with E-state index in [4.69, 9.17) is 9.47 Å². The summed E-state index contributed by atoms with van der Waals surface area (Å²) in [6.07, 6.45) is 10.9. The van der Waals surface area contributed by atoms with E-state index in [1.54, 1.807) is 6.08 Å². The minimum Gasteiger partial charge on any atom is -0.463 e. The molecule has 0 aromatic heterocycles. The maximum atomic E-state index is 12.7. The third-order valence-corrected chi connectivity index (χ3v) is 9.94. The molecule has 5 nitrogen and oxygen atoms in total. The van der Waals surface area contributed by atoms with Crippen molar-refractivity contribution in [2.45, 2.75) is 70.2 Å². The Hall–Kier alpha value is -2.50. The Morgan fingerprint density at radius 2 is 2.00 bits per heavy atom. The molecule has 5 aliphatic rings. The van der Waals surface area contributed by atoms with Gasteiger partial charge in [0, 0.05) is 23.7 Å². The molecule has 0 amide bonds. The fraction of sp³-hybridized carbons (Fsp3) is 0.533. The van der Waals surface area contributed by atoms with Crippen LogP contribution in [-0.2, 0) is 19.1 Å². The molecule has 4 aliphatic carbocycles. The number of hydrogen-bond donors (Lipinski definition) is 1. The summed E-state index contributed by atoms with van der Waals surface area (Å²) in [7, 11) is 0. The fourth-order valence-electron chi connectivity index (χ4n) is 8.06. The van der Waals surface area contributed by atoms with E-state index in [-0.39, 0.29) is 47.3 Å². The number of carbonyl (C=O) groups excluding carboxylic acids is 2. The summed E-state index contributed by atoms with van der Waals surface area (Å²) in [6, 6.07) is 10.3. The van der Waals surface area contributed by atoms with Gasteiger partial charge in [0.1, 0.15) is 24.4 Å². The summed E-state index contributed by atoms with van der Waals surface area (Å²) < 4.78 is 11.3. The molecule has 8 atom stereocenters. The van der Waals surface area contributed by atoms with Crippen LogP contribution in [0.1, 0.15) is 57.9 Å². The van der Waals surface area contributed by atoms with Crippen LogP contribution in [0, 0.1) is 22.7 Å². The molecule has 2 saturated carbocycles. The van der Waals surface area contributed by atoms with Crippen molar-refractivity contribution in [1.29, 1.82) is 0 Å². The van der Waals surface area contributed by atoms with Crippen LogP contribution in [0.5, 0.6) is 0 Å². The van der Waals surface area contributed by atoms with E-state index >= 15 is 0 Å². The number of ketones is 1. The molecule has 3 fully saturated rings. The molecule has 0 radical (unpaired) electrons. The van der Waals surface area contributed by atoms with Crippen LogP contribution in [0.25, 0.3) is 0 Å². The summed E-state index contributed by atoms with van der Waals surface area (Å²) in [5, 5.41) is 12.7. The summed E-state index contributed by atoms with van der Waals surface area (Å²) in [6.45, 7) is 6.07. The number of allylic oxidation sites excluding steroid dienone is 6. The zero-order valence-corrected chi connectivity index (χ0v) is 20.7. The lowest BCUT2D eigenvalue weighted by Gasteiger charge is -2.54. The van der Waals surface area contributed by atoms with Gasteiger partial charge < -0.3 is 14.6 Å². The Kier molecular flexibility index (Phi) is 5.08. The lowest BCUT2D eigenvalue weighted by atomic mass is 9.51. The predicted octanol–water partition coefficient (Wildman–Crippen LogP) is 4.67. The Morgan fingerprint density at radius 3 is 2.74 bits per heavy atom. The maximum Gasteiger partial charge on any atom is 0.302 e. The van der Waals surface area contributed by atoms with E-state index in [1.807, 2.05) is 24.3 Å². The molecular formula is C30H34O5. The molecule has 4 unspecified atom stereocenters. The van der Waals surface area contributed by atoms with Gasteiger partial charge in [-0.25, -0.2) is 0 Å². The Morgan fingerprint density at radius 1 is 1.23 bits per heavy atom. The minimum absolute atomic E-state index is 0.0630. The molecule has 35 heavy (non-hydrogen) atoms. The second-order valence-corrected chi connectivity index (χ2v) is 11.6. The Balaban J connectivity index is 1.40. The molecule has 1 aromatic rings. The van der Waals surface area contributed by atoms with E-state index in [0.29, 0.717) is 11.8 Å². The lowest BCUT2D eigenvalue weighted by Crippen LogP contribution is -2.55. The fourth-order valence-corrected chi connectivity index (χ4v) is 8.06. The Labute approximate surface area is 206 Å². The van der Waals surface area contributed by atoms with Gasteiger partial charge in [0.2, 0.25) is 0 Å². The lowest BCUT2D eigenvalue weighted by molar-refractivity contribution is -0.141. The van der Waals surface area contributed by atoms with Gasteiger partial charge in [-0.05, 0) is 62.2 Å². The molecular weight excluding hydrogens is 440 g/mol. The van der Waals surface area contributed by atoms with Crippen LogP contribution >= 0.6 is 0 Å². The number of esters is 1. The number of aliphatic hydroxyl groups is 1. The van der Waals surface area contributed by atoms with Crippen LogP contribution in [-0.4, -0.2) is 41.3 Å². The minimum atomic E-state index is -1.07. The predicted molar refractivity (Wildman–Crippen MR) is 131 cm³/mol. The molecule has 1 aliphatic heterocycles. The topological polar surface area (TPSA) is 76.1 Å². The second kappa shape index (κ2) is 7.75. The highest BCUT2D eigenvalue weighted by Crippen LogP contribution is 2.70. The largest absolute Gasteiger partial charge is 0.463 e. The number of benzene rings is 1. The van der Waals surface area contributed by atoms with Gasteiger partial charge in [0.25, 0.3) is 0 Å². The third kappa shape index (κ3) is 3.20. The highest BCUT2D eigenvalue weighted by atomic mass is 16.6. The van der Waals surface area contributed by atoms with Crippen molar-refractivity contribution in [3.63, 3.8) is 0 Å². The molecule has 1 saturated heterocycles. The van der Waals surface area contributed by atoms with Crippen molar-refractivity contribution in [3.05, 3.63) is 71.3 Å². The van der Waals surface area contributed by atoms with Crippen molar-refractivity contribution in [3.8, 4) is 0 Å². The number of fused-ring (bicyclic) bond motifs is 5. The van der Waals surface area contributed by atoms with E-state index in [0.717, 1.165) is 31.2 Å². The number of epoxide rings is 1. The van der Waals surface area contributed by atoms with Crippen molar-refractivity contribution in [2.24, 2.45) is 22.7 Å². The Bertz CT molecular complexity index is 1160. The molecule has 1 heterocycles. The van der Waals surface area contributed by atoms with E-state index < -0.39 is 5.60 Å². The monoisotopic (exact) mass is 474 g/mol. The first kappa shape index (κ1) is 22.9. The number of ether oxygens (including phenoxy) is 2. The molecule has 1 N–H and O–H groups in total. The zero-order valence-electron chi connectivity index (χ0n) is 20.7. The highest BCUT2D eigenvalue weighted by Gasteiger charge is 2.73. The average Bonchev–Trinajstić information content (AvgIpc) is 3.58.